The van der Waals surface area contributed by atoms with Gasteiger partial charge in [-0.25, -0.2) is 4.98 Å². The lowest BCUT2D eigenvalue weighted by atomic mass is 10.1. The van der Waals surface area contributed by atoms with Crippen molar-refractivity contribution in [3.8, 4) is 0 Å². The third kappa shape index (κ3) is 2.85. The number of aromatic nitrogens is 1. The van der Waals surface area contributed by atoms with Gasteiger partial charge in [-0.2, -0.15) is 0 Å². The van der Waals surface area contributed by atoms with Gasteiger partial charge in [0, 0.05) is 12.2 Å². The van der Waals surface area contributed by atoms with Crippen molar-refractivity contribution in [2.45, 2.75) is 38.6 Å². The maximum Gasteiger partial charge on any atom is 0.146 e. The van der Waals surface area contributed by atoms with Gasteiger partial charge < -0.3 is 11.1 Å². The Morgan fingerprint density at radius 2 is 2.40 bits per heavy atom. The Morgan fingerprint density at radius 3 is 3.00 bits per heavy atom. The standard InChI is InChI=1S/C12H19N3/c1-2-10(8-9-5-6-9)15-11-4-3-7-14-12(11)13/h3-4,7,9-10,15H,2,5-6,8H2,1H3,(H2,13,14). The van der Waals surface area contributed by atoms with Crippen LogP contribution >= 0.6 is 0 Å². The van der Waals surface area contributed by atoms with E-state index in [-0.39, 0.29) is 0 Å². The summed E-state index contributed by atoms with van der Waals surface area (Å²) in [5, 5.41) is 3.48. The van der Waals surface area contributed by atoms with Crippen molar-refractivity contribution in [3.63, 3.8) is 0 Å². The van der Waals surface area contributed by atoms with Crippen LogP contribution < -0.4 is 11.1 Å². The molecule has 3 nitrogen and oxygen atoms in total. The van der Waals surface area contributed by atoms with Crippen LogP contribution in [0.4, 0.5) is 11.5 Å². The fraction of sp³-hybridized carbons (Fsp3) is 0.583. The van der Waals surface area contributed by atoms with Gasteiger partial charge in [-0.3, -0.25) is 0 Å². The summed E-state index contributed by atoms with van der Waals surface area (Å²) in [4.78, 5) is 4.08. The molecule has 2 rings (SSSR count). The normalized spacial score (nSPS) is 17.4. The first kappa shape index (κ1) is 10.3. The van der Waals surface area contributed by atoms with E-state index in [2.05, 4.69) is 17.2 Å². The first-order valence-electron chi connectivity index (χ1n) is 5.76. The Morgan fingerprint density at radius 1 is 1.60 bits per heavy atom. The van der Waals surface area contributed by atoms with Gasteiger partial charge in [0.2, 0.25) is 0 Å². The van der Waals surface area contributed by atoms with E-state index < -0.39 is 0 Å². The van der Waals surface area contributed by atoms with Crippen LogP contribution in [0.15, 0.2) is 18.3 Å². The number of hydrogen-bond donors (Lipinski definition) is 2. The SMILES string of the molecule is CCC(CC1CC1)Nc1cccnc1N. The number of nitrogen functional groups attached to an aromatic ring is 1. The van der Waals surface area contributed by atoms with E-state index in [1.54, 1.807) is 6.20 Å². The Kier molecular flexibility index (Phi) is 3.09. The molecule has 15 heavy (non-hydrogen) atoms. The highest BCUT2D eigenvalue weighted by Crippen LogP contribution is 2.35. The average Bonchev–Trinajstić information content (AvgIpc) is 3.04. The number of anilines is 2. The molecule has 0 aromatic carbocycles. The predicted molar refractivity (Wildman–Crippen MR) is 63.7 cm³/mol. The molecule has 1 saturated carbocycles. The van der Waals surface area contributed by atoms with Gasteiger partial charge in [0.1, 0.15) is 5.82 Å². The maximum absolute atomic E-state index is 5.80. The van der Waals surface area contributed by atoms with E-state index in [9.17, 15) is 0 Å². The van der Waals surface area contributed by atoms with Gasteiger partial charge in [-0.15, -0.1) is 0 Å². The zero-order chi connectivity index (χ0) is 10.7. The maximum atomic E-state index is 5.80. The molecule has 1 aromatic heterocycles. The average molecular weight is 205 g/mol. The Balaban J connectivity index is 1.95. The fourth-order valence-corrected chi connectivity index (χ4v) is 1.84. The molecule has 0 spiro atoms. The first-order chi connectivity index (χ1) is 7.29. The van der Waals surface area contributed by atoms with Crippen molar-refractivity contribution in [2.75, 3.05) is 11.1 Å². The number of nitrogens with one attached hydrogen (secondary N) is 1. The van der Waals surface area contributed by atoms with Crippen molar-refractivity contribution < 1.29 is 0 Å². The van der Waals surface area contributed by atoms with Gasteiger partial charge in [0.15, 0.2) is 0 Å². The molecule has 0 aliphatic heterocycles. The molecule has 0 amide bonds. The summed E-state index contributed by atoms with van der Waals surface area (Å²) in [6.45, 7) is 2.21. The van der Waals surface area contributed by atoms with Crippen molar-refractivity contribution in [1.29, 1.82) is 0 Å². The smallest absolute Gasteiger partial charge is 0.146 e. The van der Waals surface area contributed by atoms with Gasteiger partial charge in [-0.05, 0) is 30.9 Å². The lowest BCUT2D eigenvalue weighted by molar-refractivity contribution is 0.587. The Bertz CT molecular complexity index is 320. The van der Waals surface area contributed by atoms with Crippen molar-refractivity contribution in [3.05, 3.63) is 18.3 Å². The van der Waals surface area contributed by atoms with E-state index >= 15 is 0 Å². The highest BCUT2D eigenvalue weighted by molar-refractivity contribution is 5.61. The molecule has 0 saturated heterocycles. The number of nitrogens with two attached hydrogens (primary N) is 1. The zero-order valence-electron chi connectivity index (χ0n) is 9.24. The molecule has 1 fully saturated rings. The van der Waals surface area contributed by atoms with Crippen LogP contribution in [0, 0.1) is 5.92 Å². The van der Waals surface area contributed by atoms with Gasteiger partial charge in [-0.1, -0.05) is 19.8 Å². The molecule has 82 valence electrons. The van der Waals surface area contributed by atoms with Gasteiger partial charge in [0.05, 0.1) is 5.69 Å². The molecule has 1 aliphatic carbocycles. The molecule has 1 unspecified atom stereocenters. The van der Waals surface area contributed by atoms with E-state index in [0.717, 1.165) is 18.0 Å². The highest BCUT2D eigenvalue weighted by Gasteiger charge is 2.24. The van der Waals surface area contributed by atoms with E-state index in [1.807, 2.05) is 12.1 Å². The molecule has 0 radical (unpaired) electrons. The minimum Gasteiger partial charge on any atom is -0.382 e. The van der Waals surface area contributed by atoms with Crippen LogP contribution in [0.3, 0.4) is 0 Å². The summed E-state index contributed by atoms with van der Waals surface area (Å²) in [5.41, 5.74) is 6.77. The molecule has 1 atom stereocenters. The van der Waals surface area contributed by atoms with Gasteiger partial charge in [0.25, 0.3) is 0 Å². The second kappa shape index (κ2) is 4.51. The van der Waals surface area contributed by atoms with Crippen LogP contribution in [0.2, 0.25) is 0 Å². The Hall–Kier alpha value is -1.25. The summed E-state index contributed by atoms with van der Waals surface area (Å²) < 4.78 is 0. The molecular formula is C12H19N3. The molecule has 1 aromatic rings. The monoisotopic (exact) mass is 205 g/mol. The topological polar surface area (TPSA) is 50.9 Å². The fourth-order valence-electron chi connectivity index (χ4n) is 1.84. The molecule has 3 N–H and O–H groups in total. The zero-order valence-corrected chi connectivity index (χ0v) is 9.24. The second-order valence-electron chi connectivity index (χ2n) is 4.36. The first-order valence-corrected chi connectivity index (χ1v) is 5.76. The summed E-state index contributed by atoms with van der Waals surface area (Å²) in [7, 11) is 0. The van der Waals surface area contributed by atoms with Crippen molar-refractivity contribution in [1.82, 2.24) is 4.98 Å². The van der Waals surface area contributed by atoms with E-state index in [1.165, 1.54) is 19.3 Å². The summed E-state index contributed by atoms with van der Waals surface area (Å²) in [6.07, 6.45) is 6.94. The quantitative estimate of drug-likeness (QED) is 0.777. The van der Waals surface area contributed by atoms with Crippen LogP contribution in [0.25, 0.3) is 0 Å². The summed E-state index contributed by atoms with van der Waals surface area (Å²) >= 11 is 0. The lowest BCUT2D eigenvalue weighted by Crippen LogP contribution is -2.20. The van der Waals surface area contributed by atoms with Gasteiger partial charge >= 0.3 is 0 Å². The minimum atomic E-state index is 0.545. The van der Waals surface area contributed by atoms with Crippen LogP contribution in [-0.4, -0.2) is 11.0 Å². The molecular weight excluding hydrogens is 186 g/mol. The largest absolute Gasteiger partial charge is 0.382 e. The number of nitrogens with zero attached hydrogens (tertiary/aromatic N) is 1. The lowest BCUT2D eigenvalue weighted by Gasteiger charge is -2.18. The third-order valence-corrected chi connectivity index (χ3v) is 3.01. The summed E-state index contributed by atoms with van der Waals surface area (Å²) in [5.74, 6) is 1.55. The highest BCUT2D eigenvalue weighted by atomic mass is 15.0. The number of rotatable bonds is 5. The van der Waals surface area contributed by atoms with Crippen LogP contribution in [0.1, 0.15) is 32.6 Å². The van der Waals surface area contributed by atoms with Crippen molar-refractivity contribution >= 4 is 11.5 Å². The number of hydrogen-bond acceptors (Lipinski definition) is 3. The molecule has 1 heterocycles. The van der Waals surface area contributed by atoms with E-state index in [0.29, 0.717) is 11.9 Å². The molecule has 1 aliphatic rings. The Labute approximate surface area is 91.1 Å². The van der Waals surface area contributed by atoms with E-state index in [4.69, 9.17) is 5.73 Å². The number of pyridine rings is 1. The minimum absolute atomic E-state index is 0.545. The molecule has 3 heteroatoms. The van der Waals surface area contributed by atoms with Crippen LogP contribution in [0.5, 0.6) is 0 Å². The second-order valence-corrected chi connectivity index (χ2v) is 4.36. The van der Waals surface area contributed by atoms with Crippen molar-refractivity contribution in [2.24, 2.45) is 5.92 Å². The predicted octanol–water partition coefficient (Wildman–Crippen LogP) is 2.65. The van der Waals surface area contributed by atoms with Crippen LogP contribution in [-0.2, 0) is 0 Å². The molecule has 0 bridgehead atoms. The summed E-state index contributed by atoms with van der Waals surface area (Å²) in [6, 6.07) is 4.46. The third-order valence-electron chi connectivity index (χ3n) is 3.01.